The van der Waals surface area contributed by atoms with Crippen LogP contribution in [0.25, 0.3) is 0 Å². The summed E-state index contributed by atoms with van der Waals surface area (Å²) in [5.74, 6) is -38.3. The summed E-state index contributed by atoms with van der Waals surface area (Å²) in [6.45, 7) is 0. The molecule has 0 aromatic carbocycles. The Balaban J connectivity index is 3.03. The minimum atomic E-state index is -8.09. The molecule has 1 heterocycles. The van der Waals surface area contributed by atoms with Crippen LogP contribution < -0.4 is 0 Å². The monoisotopic (exact) mass is 428 g/mol. The molecule has 3 atom stereocenters. The lowest BCUT2D eigenvalue weighted by molar-refractivity contribution is -0.427. The van der Waals surface area contributed by atoms with Gasteiger partial charge in [0.1, 0.15) is 0 Å². The zero-order valence-electron chi connectivity index (χ0n) is 11.0. The number of hydrogen-bond donors (Lipinski definition) is 0. The van der Waals surface area contributed by atoms with Crippen molar-refractivity contribution >= 4 is 0 Å². The van der Waals surface area contributed by atoms with Crippen LogP contribution >= 0.6 is 0 Å². The molecule has 1 saturated carbocycles. The van der Waals surface area contributed by atoms with Crippen LogP contribution in [0, 0.1) is 0 Å². The third kappa shape index (κ3) is 1.48. The van der Waals surface area contributed by atoms with E-state index in [-0.39, 0.29) is 0 Å². The fourth-order valence-electron chi connectivity index (χ4n) is 2.65. The van der Waals surface area contributed by atoms with Crippen LogP contribution in [-0.2, 0) is 4.74 Å². The predicted molar refractivity (Wildman–Crippen MR) is 43.4 cm³/mol. The van der Waals surface area contributed by atoms with Crippen molar-refractivity contribution in [2.24, 2.45) is 0 Å². The van der Waals surface area contributed by atoms with E-state index in [9.17, 15) is 70.2 Å². The predicted octanol–water partition coefficient (Wildman–Crippen LogP) is 4.81. The molecule has 1 nitrogen and oxygen atoms in total. The van der Waals surface area contributed by atoms with Gasteiger partial charge in [0, 0.05) is 0 Å². The van der Waals surface area contributed by atoms with Crippen LogP contribution in [0.5, 0.6) is 0 Å². The second kappa shape index (κ2) is 4.29. The minimum absolute atomic E-state index is 1.81. The fourth-order valence-corrected chi connectivity index (χ4v) is 2.65. The third-order valence-electron chi connectivity index (χ3n) is 4.00. The number of hydrogen-bond acceptors (Lipinski definition) is 1. The molecule has 2 fully saturated rings. The number of rotatable bonds is 1. The zero-order chi connectivity index (χ0) is 21.2. The minimum Gasteiger partial charge on any atom is -0.271 e. The smallest absolute Gasteiger partial charge is 0.271 e. The summed E-state index contributed by atoms with van der Waals surface area (Å²) in [5, 5.41) is 0. The molecule has 0 aromatic heterocycles. The van der Waals surface area contributed by atoms with Gasteiger partial charge in [-0.25, -0.2) is 13.2 Å². The summed E-state index contributed by atoms with van der Waals surface area (Å²) < 4.78 is 212. The highest BCUT2D eigenvalue weighted by molar-refractivity contribution is 5.40. The van der Waals surface area contributed by atoms with Gasteiger partial charge >= 0.3 is 47.5 Å². The van der Waals surface area contributed by atoms with Crippen molar-refractivity contribution in [2.45, 2.75) is 53.2 Å². The van der Waals surface area contributed by atoms with E-state index in [1.165, 1.54) is 0 Å². The van der Waals surface area contributed by atoms with Gasteiger partial charge in [0.2, 0.25) is 0 Å². The molecule has 0 bridgehead atoms. The maximum absolute atomic E-state index is 14.2. The van der Waals surface area contributed by atoms with Crippen molar-refractivity contribution in [2.75, 3.05) is 0 Å². The number of fused-ring (bicyclic) bond motifs is 1. The molecule has 154 valence electrons. The summed E-state index contributed by atoms with van der Waals surface area (Å²) >= 11 is 0. The summed E-state index contributed by atoms with van der Waals surface area (Å²) in [4.78, 5) is 0. The van der Waals surface area contributed by atoms with Crippen molar-refractivity contribution < 1.29 is 75.0 Å². The zero-order valence-corrected chi connectivity index (χ0v) is 11.0. The summed E-state index contributed by atoms with van der Waals surface area (Å²) in [6, 6.07) is 0. The van der Waals surface area contributed by atoms with E-state index < -0.39 is 53.2 Å². The highest BCUT2D eigenvalue weighted by atomic mass is 19.4. The number of halogens is 16. The van der Waals surface area contributed by atoms with E-state index in [2.05, 4.69) is 0 Å². The molecule has 1 aliphatic carbocycles. The van der Waals surface area contributed by atoms with Crippen LogP contribution in [0.1, 0.15) is 0 Å². The van der Waals surface area contributed by atoms with E-state index in [0.717, 1.165) is 0 Å². The Kier molecular flexibility index (Phi) is 3.49. The van der Waals surface area contributed by atoms with Crippen molar-refractivity contribution in [1.82, 2.24) is 0 Å². The lowest BCUT2D eigenvalue weighted by Gasteiger charge is -2.41. The van der Waals surface area contributed by atoms with Crippen LogP contribution in [-0.4, -0.2) is 53.2 Å². The summed E-state index contributed by atoms with van der Waals surface area (Å²) in [5.41, 5.74) is -15.9. The van der Waals surface area contributed by atoms with Crippen LogP contribution in [0.15, 0.2) is 0 Å². The molecule has 2 aliphatic rings. The average Bonchev–Trinajstić information content (AvgIpc) is 2.57. The molecule has 1 saturated heterocycles. The lowest BCUT2D eigenvalue weighted by atomic mass is 9.76. The van der Waals surface area contributed by atoms with Gasteiger partial charge in [-0.05, 0) is 0 Å². The van der Waals surface area contributed by atoms with Gasteiger partial charge in [-0.2, -0.15) is 57.1 Å². The van der Waals surface area contributed by atoms with Crippen molar-refractivity contribution in [3.05, 3.63) is 0 Å². The number of alkyl halides is 16. The molecule has 0 amide bonds. The summed E-state index contributed by atoms with van der Waals surface area (Å²) in [6.07, 6.45) is -15.1. The highest BCUT2D eigenvalue weighted by Crippen LogP contribution is 2.80. The van der Waals surface area contributed by atoms with Gasteiger partial charge in [0.05, 0.1) is 0 Å². The molecule has 0 N–H and O–H groups in total. The molecule has 0 radical (unpaired) electrons. The lowest BCUT2D eigenvalue weighted by Crippen LogP contribution is -2.75. The highest BCUT2D eigenvalue weighted by Gasteiger charge is 3.14. The first-order valence-electron chi connectivity index (χ1n) is 5.68. The Morgan fingerprint density at radius 1 is 0.538 bits per heavy atom. The molecular weight excluding hydrogens is 428 g/mol. The third-order valence-corrected chi connectivity index (χ3v) is 4.00. The van der Waals surface area contributed by atoms with Gasteiger partial charge in [-0.3, -0.25) is 4.74 Å². The van der Waals surface area contributed by atoms with E-state index >= 15 is 0 Å². The van der Waals surface area contributed by atoms with Gasteiger partial charge < -0.3 is 0 Å². The second-order valence-corrected chi connectivity index (χ2v) is 5.33. The molecule has 26 heavy (non-hydrogen) atoms. The maximum Gasteiger partial charge on any atom is 0.457 e. The molecular formula is C9F16O. The second-order valence-electron chi connectivity index (χ2n) is 5.33. The van der Waals surface area contributed by atoms with E-state index in [4.69, 9.17) is 0 Å². The average molecular weight is 428 g/mol. The fraction of sp³-hybridized carbons (Fsp3) is 1.00. The van der Waals surface area contributed by atoms with Crippen LogP contribution in [0.2, 0.25) is 0 Å². The summed E-state index contributed by atoms with van der Waals surface area (Å²) in [7, 11) is 0. The van der Waals surface area contributed by atoms with Gasteiger partial charge in [0.15, 0.2) is 0 Å². The van der Waals surface area contributed by atoms with Crippen LogP contribution in [0.3, 0.4) is 0 Å². The number of ether oxygens (including phenoxy) is 1. The molecule has 3 unspecified atom stereocenters. The van der Waals surface area contributed by atoms with Crippen molar-refractivity contribution in [1.29, 1.82) is 0 Å². The van der Waals surface area contributed by atoms with E-state index in [1.807, 2.05) is 0 Å². The largest absolute Gasteiger partial charge is 0.457 e. The first kappa shape index (κ1) is 21.1. The first-order chi connectivity index (χ1) is 11.0. The Morgan fingerprint density at radius 2 is 0.923 bits per heavy atom. The Hall–Kier alpha value is -1.16. The molecule has 0 aromatic rings. The molecule has 1 aliphatic heterocycles. The Labute approximate surface area is 129 Å². The molecule has 2 rings (SSSR count). The Morgan fingerprint density at radius 3 is 1.27 bits per heavy atom. The normalized spacial score (nSPS) is 43.4. The van der Waals surface area contributed by atoms with Crippen LogP contribution in [0.4, 0.5) is 70.2 Å². The SMILES string of the molecule is FC(F)(F)C(F)(F)C1(F)C(F)(F)OC2(F)C(F)(F)C(F)(F)C(F)(F)C21F. The first-order valence-corrected chi connectivity index (χ1v) is 5.68. The van der Waals surface area contributed by atoms with E-state index in [0.29, 0.717) is 0 Å². The van der Waals surface area contributed by atoms with Gasteiger partial charge in [0.25, 0.3) is 5.67 Å². The standard InChI is InChI=1S/C9F16O/c10-1-2(11,4(14,15)8(21,22)23)9(24,25)26-7(1,20)6(18,19)5(16,17)3(1,12)13. The van der Waals surface area contributed by atoms with Gasteiger partial charge in [-0.1, -0.05) is 0 Å². The topological polar surface area (TPSA) is 9.23 Å². The van der Waals surface area contributed by atoms with E-state index in [1.54, 1.807) is 4.74 Å². The maximum atomic E-state index is 14.2. The van der Waals surface area contributed by atoms with Gasteiger partial charge in [-0.15, -0.1) is 0 Å². The Bertz CT molecular complexity index is 636. The van der Waals surface area contributed by atoms with Crippen molar-refractivity contribution in [3.8, 4) is 0 Å². The molecule has 17 heteroatoms. The quantitative estimate of drug-likeness (QED) is 0.545. The molecule has 0 spiro atoms. The van der Waals surface area contributed by atoms with Crippen molar-refractivity contribution in [3.63, 3.8) is 0 Å².